The number of aromatic amines is 1. The number of H-pyrrole nitrogens is 1. The maximum atomic E-state index is 9.86. The van der Waals surface area contributed by atoms with E-state index in [1.807, 2.05) is 42.6 Å². The minimum absolute atomic E-state index is 0.202. The van der Waals surface area contributed by atoms with Crippen molar-refractivity contribution in [2.24, 2.45) is 0 Å². The maximum Gasteiger partial charge on any atom is 0.225 e. The molecule has 0 amide bonds. The number of benzene rings is 1. The van der Waals surface area contributed by atoms with Crippen LogP contribution in [0.4, 0.5) is 16.9 Å². The lowest BCUT2D eigenvalue weighted by molar-refractivity contribution is 0.126. The van der Waals surface area contributed by atoms with Crippen LogP contribution in [0.15, 0.2) is 60.9 Å². The van der Waals surface area contributed by atoms with Crippen LogP contribution in [0.1, 0.15) is 36.9 Å². The number of thiazole rings is 1. The first-order valence-corrected chi connectivity index (χ1v) is 12.9. The van der Waals surface area contributed by atoms with E-state index in [9.17, 15) is 5.11 Å². The van der Waals surface area contributed by atoms with Gasteiger partial charge in [-0.25, -0.2) is 15.0 Å². The van der Waals surface area contributed by atoms with Crippen molar-refractivity contribution in [3.05, 3.63) is 72.2 Å². The molecule has 6 rings (SSSR count). The standard InChI is InChI=1S/C26H26N8OS/c35-20-8-6-18(7-9-20)29-25-30-19(12-16-4-2-1-3-5-16)13-23(33-25)34-26-32-22-11-10-21(31-24(22)36-26)17-14-27-28-15-17/h1-5,10-11,13-15,18,20,35H,6-9,12H2,(H,27,28)(H2,29,30,32,33,34). The second kappa shape index (κ2) is 10.00. The smallest absolute Gasteiger partial charge is 0.225 e. The topological polar surface area (TPSA) is 125 Å². The number of hydrogen-bond acceptors (Lipinski definition) is 9. The van der Waals surface area contributed by atoms with Gasteiger partial charge < -0.3 is 15.7 Å². The van der Waals surface area contributed by atoms with Gasteiger partial charge in [0.1, 0.15) is 16.2 Å². The third-order valence-electron chi connectivity index (χ3n) is 6.32. The van der Waals surface area contributed by atoms with Gasteiger partial charge in [0, 0.05) is 30.3 Å². The molecule has 1 saturated carbocycles. The van der Waals surface area contributed by atoms with Crippen LogP contribution in [0.3, 0.4) is 0 Å². The van der Waals surface area contributed by atoms with Crippen LogP contribution < -0.4 is 10.6 Å². The average molecular weight is 499 g/mol. The molecule has 0 bridgehead atoms. The lowest BCUT2D eigenvalue weighted by Crippen LogP contribution is -2.29. The molecule has 0 unspecified atom stereocenters. The second-order valence-electron chi connectivity index (χ2n) is 9.03. The number of nitrogens with one attached hydrogen (secondary N) is 3. The number of anilines is 3. The van der Waals surface area contributed by atoms with E-state index in [0.29, 0.717) is 18.2 Å². The summed E-state index contributed by atoms with van der Waals surface area (Å²) in [5.41, 5.74) is 4.71. The van der Waals surface area contributed by atoms with Crippen LogP contribution >= 0.6 is 11.3 Å². The Hall–Kier alpha value is -3.89. The fraction of sp³-hybridized carbons (Fsp3) is 0.269. The summed E-state index contributed by atoms with van der Waals surface area (Å²) in [6.07, 6.45) is 7.48. The van der Waals surface area contributed by atoms with E-state index in [0.717, 1.165) is 58.1 Å². The Morgan fingerprint density at radius 3 is 2.64 bits per heavy atom. The van der Waals surface area contributed by atoms with Gasteiger partial charge >= 0.3 is 0 Å². The monoisotopic (exact) mass is 498 g/mol. The Labute approximate surface area is 212 Å². The Bertz CT molecular complexity index is 1450. The SMILES string of the molecule is OC1CCC(Nc2nc(Cc3ccccc3)cc(Nc3nc4ccc(-c5cn[nH]c5)nc4s3)n2)CC1. The van der Waals surface area contributed by atoms with Crippen molar-refractivity contribution in [3.63, 3.8) is 0 Å². The molecule has 0 saturated heterocycles. The average Bonchev–Trinajstić information content (AvgIpc) is 3.55. The number of hydrogen-bond donors (Lipinski definition) is 4. The molecule has 1 aliphatic rings. The van der Waals surface area contributed by atoms with Crippen LogP contribution in [0.5, 0.6) is 0 Å². The van der Waals surface area contributed by atoms with Gasteiger partial charge in [-0.15, -0.1) is 0 Å². The highest BCUT2D eigenvalue weighted by Gasteiger charge is 2.20. The van der Waals surface area contributed by atoms with E-state index in [1.54, 1.807) is 6.20 Å². The number of pyridine rings is 1. The molecule has 10 heteroatoms. The minimum Gasteiger partial charge on any atom is -0.393 e. The molecule has 5 aromatic rings. The van der Waals surface area contributed by atoms with E-state index >= 15 is 0 Å². The number of nitrogens with zero attached hydrogens (tertiary/aromatic N) is 5. The first-order chi connectivity index (χ1) is 17.7. The molecular formula is C26H26N8OS. The Kier molecular flexibility index (Phi) is 6.27. The third-order valence-corrected chi connectivity index (χ3v) is 7.20. The van der Waals surface area contributed by atoms with Gasteiger partial charge in [0.2, 0.25) is 5.95 Å². The van der Waals surface area contributed by atoms with Gasteiger partial charge in [-0.05, 0) is 43.4 Å². The molecule has 0 atom stereocenters. The van der Waals surface area contributed by atoms with E-state index in [4.69, 9.17) is 19.9 Å². The molecule has 4 aromatic heterocycles. The molecule has 1 aromatic carbocycles. The highest BCUT2D eigenvalue weighted by atomic mass is 32.1. The van der Waals surface area contributed by atoms with Crippen LogP contribution in [0.2, 0.25) is 0 Å². The predicted octanol–water partition coefficient (Wildman–Crippen LogP) is 4.92. The molecule has 1 fully saturated rings. The van der Waals surface area contributed by atoms with Gasteiger partial charge in [-0.3, -0.25) is 5.10 Å². The summed E-state index contributed by atoms with van der Waals surface area (Å²) in [6, 6.07) is 16.4. The third kappa shape index (κ3) is 5.19. The number of aromatic nitrogens is 6. The summed E-state index contributed by atoms with van der Waals surface area (Å²) in [6.45, 7) is 0. The van der Waals surface area contributed by atoms with Crippen molar-refractivity contribution in [2.45, 2.75) is 44.2 Å². The van der Waals surface area contributed by atoms with Gasteiger partial charge in [0.15, 0.2) is 5.13 Å². The molecular weight excluding hydrogens is 472 g/mol. The van der Waals surface area contributed by atoms with E-state index in [2.05, 4.69) is 33.0 Å². The summed E-state index contributed by atoms with van der Waals surface area (Å²) in [5, 5.41) is 24.3. The van der Waals surface area contributed by atoms with Crippen LogP contribution in [0, 0.1) is 0 Å². The zero-order valence-corrected chi connectivity index (χ0v) is 20.4. The summed E-state index contributed by atoms with van der Waals surface area (Å²) in [4.78, 5) is 19.9. The van der Waals surface area contributed by atoms with Crippen molar-refractivity contribution in [1.29, 1.82) is 0 Å². The normalized spacial score (nSPS) is 17.8. The lowest BCUT2D eigenvalue weighted by atomic mass is 9.93. The van der Waals surface area contributed by atoms with Crippen molar-refractivity contribution < 1.29 is 5.11 Å². The highest BCUT2D eigenvalue weighted by molar-refractivity contribution is 7.21. The molecule has 36 heavy (non-hydrogen) atoms. The van der Waals surface area contributed by atoms with Gasteiger partial charge in [-0.2, -0.15) is 10.1 Å². The van der Waals surface area contributed by atoms with Crippen LogP contribution in [-0.4, -0.2) is 47.4 Å². The molecule has 4 heterocycles. The molecule has 9 nitrogen and oxygen atoms in total. The summed E-state index contributed by atoms with van der Waals surface area (Å²) >= 11 is 1.48. The fourth-order valence-corrected chi connectivity index (χ4v) is 5.30. The highest BCUT2D eigenvalue weighted by Crippen LogP contribution is 2.30. The number of fused-ring (bicyclic) bond motifs is 1. The van der Waals surface area contributed by atoms with Crippen molar-refractivity contribution in [3.8, 4) is 11.3 Å². The van der Waals surface area contributed by atoms with Crippen molar-refractivity contribution >= 4 is 38.6 Å². The summed E-state index contributed by atoms with van der Waals surface area (Å²) in [5.74, 6) is 1.28. The van der Waals surface area contributed by atoms with Crippen LogP contribution in [0.25, 0.3) is 21.6 Å². The summed E-state index contributed by atoms with van der Waals surface area (Å²) < 4.78 is 0. The molecule has 0 radical (unpaired) electrons. The zero-order valence-electron chi connectivity index (χ0n) is 19.6. The first-order valence-electron chi connectivity index (χ1n) is 12.1. The van der Waals surface area contributed by atoms with Gasteiger partial charge in [0.05, 0.1) is 23.7 Å². The lowest BCUT2D eigenvalue weighted by Gasteiger charge is -2.26. The quantitative estimate of drug-likeness (QED) is 0.249. The van der Waals surface area contributed by atoms with Gasteiger partial charge in [-0.1, -0.05) is 41.7 Å². The number of aliphatic hydroxyl groups excluding tert-OH is 1. The zero-order chi connectivity index (χ0) is 24.3. The molecule has 182 valence electrons. The first kappa shape index (κ1) is 22.6. The maximum absolute atomic E-state index is 9.86. The van der Waals surface area contributed by atoms with Crippen molar-refractivity contribution in [1.82, 2.24) is 30.1 Å². The number of aliphatic hydroxyl groups is 1. The fourth-order valence-electron chi connectivity index (χ4n) is 4.46. The Balaban J connectivity index is 1.27. The van der Waals surface area contributed by atoms with E-state index in [1.165, 1.54) is 16.9 Å². The predicted molar refractivity (Wildman–Crippen MR) is 141 cm³/mol. The van der Waals surface area contributed by atoms with E-state index in [-0.39, 0.29) is 12.1 Å². The summed E-state index contributed by atoms with van der Waals surface area (Å²) in [7, 11) is 0. The van der Waals surface area contributed by atoms with Crippen molar-refractivity contribution in [2.75, 3.05) is 10.6 Å². The van der Waals surface area contributed by atoms with Crippen LogP contribution in [-0.2, 0) is 6.42 Å². The Morgan fingerprint density at radius 1 is 0.972 bits per heavy atom. The van der Waals surface area contributed by atoms with Gasteiger partial charge in [0.25, 0.3) is 0 Å². The van der Waals surface area contributed by atoms with E-state index < -0.39 is 0 Å². The second-order valence-corrected chi connectivity index (χ2v) is 10.0. The molecule has 4 N–H and O–H groups in total. The number of rotatable bonds is 7. The minimum atomic E-state index is -0.202. The molecule has 0 spiro atoms. The molecule has 1 aliphatic carbocycles. The largest absolute Gasteiger partial charge is 0.393 e. The molecule has 0 aliphatic heterocycles. The Morgan fingerprint density at radius 2 is 1.83 bits per heavy atom.